The van der Waals surface area contributed by atoms with Crippen LogP contribution in [-0.4, -0.2) is 26.6 Å². The highest BCUT2D eigenvalue weighted by Crippen LogP contribution is 2.28. The van der Waals surface area contributed by atoms with Gasteiger partial charge in [0.2, 0.25) is 0 Å². The van der Waals surface area contributed by atoms with E-state index in [4.69, 9.17) is 14.2 Å². The SMILES string of the molecule is C=CCc1ccc(OCCCOc2ccc(C=O)cc2)c(OC)c1. The molecule has 0 fully saturated rings. The summed E-state index contributed by atoms with van der Waals surface area (Å²) in [4.78, 5) is 10.6. The lowest BCUT2D eigenvalue weighted by Gasteiger charge is -2.12. The molecule has 4 nitrogen and oxygen atoms in total. The Morgan fingerprint density at radius 2 is 1.75 bits per heavy atom. The van der Waals surface area contributed by atoms with Crippen LogP contribution < -0.4 is 14.2 Å². The zero-order valence-electron chi connectivity index (χ0n) is 13.9. The quantitative estimate of drug-likeness (QED) is 0.375. The number of carbonyl (C=O) groups is 1. The van der Waals surface area contributed by atoms with Crippen molar-refractivity contribution in [2.75, 3.05) is 20.3 Å². The van der Waals surface area contributed by atoms with Crippen LogP contribution in [0.2, 0.25) is 0 Å². The molecule has 0 saturated carbocycles. The molecule has 0 aliphatic heterocycles. The summed E-state index contributed by atoms with van der Waals surface area (Å²) in [6.45, 7) is 4.81. The molecule has 126 valence electrons. The van der Waals surface area contributed by atoms with E-state index in [0.717, 1.165) is 41.9 Å². The second-order valence-corrected chi connectivity index (χ2v) is 5.22. The van der Waals surface area contributed by atoms with Gasteiger partial charge in [-0.15, -0.1) is 6.58 Å². The van der Waals surface area contributed by atoms with Crippen molar-refractivity contribution in [2.24, 2.45) is 0 Å². The van der Waals surface area contributed by atoms with Crippen LogP contribution in [0.15, 0.2) is 55.1 Å². The standard InChI is InChI=1S/C20H22O4/c1-3-5-16-8-11-19(20(14-16)22-2)24-13-4-12-23-18-9-6-17(15-21)7-10-18/h3,6-11,14-15H,1,4-5,12-13H2,2H3. The van der Waals surface area contributed by atoms with Gasteiger partial charge in [0, 0.05) is 12.0 Å². The third-order valence-corrected chi connectivity index (χ3v) is 3.44. The van der Waals surface area contributed by atoms with E-state index in [0.29, 0.717) is 18.8 Å². The van der Waals surface area contributed by atoms with Gasteiger partial charge >= 0.3 is 0 Å². The zero-order valence-corrected chi connectivity index (χ0v) is 13.9. The van der Waals surface area contributed by atoms with E-state index in [1.807, 2.05) is 24.3 Å². The van der Waals surface area contributed by atoms with Crippen LogP contribution in [0.1, 0.15) is 22.3 Å². The summed E-state index contributed by atoms with van der Waals surface area (Å²) >= 11 is 0. The second kappa shape index (κ2) is 9.40. The van der Waals surface area contributed by atoms with E-state index in [-0.39, 0.29) is 0 Å². The molecule has 0 unspecified atom stereocenters. The molecule has 0 amide bonds. The number of aldehydes is 1. The summed E-state index contributed by atoms with van der Waals surface area (Å²) in [5.74, 6) is 2.19. The molecule has 2 aromatic rings. The van der Waals surface area contributed by atoms with Gasteiger partial charge in [0.1, 0.15) is 12.0 Å². The topological polar surface area (TPSA) is 44.8 Å². The number of rotatable bonds is 10. The molecule has 4 heteroatoms. The summed E-state index contributed by atoms with van der Waals surface area (Å²) in [7, 11) is 1.63. The third kappa shape index (κ3) is 5.16. The molecule has 2 rings (SSSR count). The number of ether oxygens (including phenoxy) is 3. The minimum atomic E-state index is 0.531. The number of carbonyl (C=O) groups excluding carboxylic acids is 1. The summed E-state index contributed by atoms with van der Waals surface area (Å²) in [5.41, 5.74) is 1.77. The Morgan fingerprint density at radius 3 is 2.42 bits per heavy atom. The Kier molecular flexibility index (Phi) is 6.90. The molecule has 0 aliphatic carbocycles. The molecule has 0 spiro atoms. The molecule has 0 aromatic heterocycles. The lowest BCUT2D eigenvalue weighted by molar-refractivity contribution is 0.112. The number of methoxy groups -OCH3 is 1. The summed E-state index contributed by atoms with van der Waals surface area (Å²) in [6.07, 6.45) is 4.21. The van der Waals surface area contributed by atoms with Gasteiger partial charge in [0.15, 0.2) is 11.5 Å². The number of benzene rings is 2. The largest absolute Gasteiger partial charge is 0.493 e. The van der Waals surface area contributed by atoms with Gasteiger partial charge in [-0.25, -0.2) is 0 Å². The molecule has 24 heavy (non-hydrogen) atoms. The summed E-state index contributed by atoms with van der Waals surface area (Å²) in [6, 6.07) is 12.9. The van der Waals surface area contributed by atoms with Crippen molar-refractivity contribution in [3.63, 3.8) is 0 Å². The lowest BCUT2D eigenvalue weighted by Crippen LogP contribution is -2.06. The first-order valence-electron chi connectivity index (χ1n) is 7.85. The fourth-order valence-corrected chi connectivity index (χ4v) is 2.20. The zero-order chi connectivity index (χ0) is 17.2. The van der Waals surface area contributed by atoms with E-state index in [1.165, 1.54) is 0 Å². The maximum atomic E-state index is 10.6. The highest BCUT2D eigenvalue weighted by molar-refractivity contribution is 5.74. The van der Waals surface area contributed by atoms with Gasteiger partial charge in [-0.1, -0.05) is 12.1 Å². The van der Waals surface area contributed by atoms with Gasteiger partial charge in [-0.05, 0) is 48.4 Å². The van der Waals surface area contributed by atoms with Crippen LogP contribution in [0.3, 0.4) is 0 Å². The van der Waals surface area contributed by atoms with Crippen molar-refractivity contribution in [1.29, 1.82) is 0 Å². The van der Waals surface area contributed by atoms with E-state index in [9.17, 15) is 4.79 Å². The highest BCUT2D eigenvalue weighted by atomic mass is 16.5. The monoisotopic (exact) mass is 326 g/mol. The fraction of sp³-hybridized carbons (Fsp3) is 0.250. The molecule has 0 heterocycles. The van der Waals surface area contributed by atoms with E-state index in [1.54, 1.807) is 31.4 Å². The lowest BCUT2D eigenvalue weighted by atomic mass is 10.1. The first kappa shape index (κ1) is 17.6. The van der Waals surface area contributed by atoms with Gasteiger partial charge in [-0.2, -0.15) is 0 Å². The van der Waals surface area contributed by atoms with Crippen LogP contribution in [0.4, 0.5) is 0 Å². The molecular weight excluding hydrogens is 304 g/mol. The third-order valence-electron chi connectivity index (χ3n) is 3.44. The first-order valence-corrected chi connectivity index (χ1v) is 7.85. The van der Waals surface area contributed by atoms with Gasteiger partial charge in [0.25, 0.3) is 0 Å². The summed E-state index contributed by atoms with van der Waals surface area (Å²) in [5, 5.41) is 0. The van der Waals surface area contributed by atoms with Crippen LogP contribution >= 0.6 is 0 Å². The van der Waals surface area contributed by atoms with E-state index < -0.39 is 0 Å². The number of allylic oxidation sites excluding steroid dienone is 1. The number of hydrogen-bond donors (Lipinski definition) is 0. The van der Waals surface area contributed by atoms with Crippen LogP contribution in [-0.2, 0) is 6.42 Å². The predicted octanol–water partition coefficient (Wildman–Crippen LogP) is 4.08. The molecule has 0 aliphatic rings. The molecule has 0 atom stereocenters. The van der Waals surface area contributed by atoms with Gasteiger partial charge in [-0.3, -0.25) is 4.79 Å². The Hall–Kier alpha value is -2.75. The van der Waals surface area contributed by atoms with Crippen molar-refractivity contribution in [2.45, 2.75) is 12.8 Å². The van der Waals surface area contributed by atoms with Crippen molar-refractivity contribution < 1.29 is 19.0 Å². The van der Waals surface area contributed by atoms with Crippen molar-refractivity contribution in [1.82, 2.24) is 0 Å². The molecule has 2 aromatic carbocycles. The minimum Gasteiger partial charge on any atom is -0.493 e. The molecule has 0 N–H and O–H groups in total. The van der Waals surface area contributed by atoms with Crippen molar-refractivity contribution in [3.8, 4) is 17.2 Å². The molecule has 0 saturated heterocycles. The van der Waals surface area contributed by atoms with Crippen LogP contribution in [0, 0.1) is 0 Å². The van der Waals surface area contributed by atoms with Crippen LogP contribution in [0.5, 0.6) is 17.2 Å². The average molecular weight is 326 g/mol. The minimum absolute atomic E-state index is 0.531. The molecular formula is C20H22O4. The smallest absolute Gasteiger partial charge is 0.161 e. The normalized spacial score (nSPS) is 10.0. The fourth-order valence-electron chi connectivity index (χ4n) is 2.20. The van der Waals surface area contributed by atoms with Gasteiger partial charge in [0.05, 0.1) is 20.3 Å². The maximum Gasteiger partial charge on any atom is 0.161 e. The van der Waals surface area contributed by atoms with E-state index >= 15 is 0 Å². The Morgan fingerprint density at radius 1 is 1.00 bits per heavy atom. The summed E-state index contributed by atoms with van der Waals surface area (Å²) < 4.78 is 16.7. The van der Waals surface area contributed by atoms with Crippen molar-refractivity contribution >= 4 is 6.29 Å². The molecule has 0 radical (unpaired) electrons. The highest BCUT2D eigenvalue weighted by Gasteiger charge is 2.05. The average Bonchev–Trinajstić information content (AvgIpc) is 2.63. The first-order chi connectivity index (χ1) is 11.8. The Labute approximate surface area is 142 Å². The van der Waals surface area contributed by atoms with Crippen molar-refractivity contribution in [3.05, 3.63) is 66.2 Å². The number of hydrogen-bond acceptors (Lipinski definition) is 4. The van der Waals surface area contributed by atoms with Gasteiger partial charge < -0.3 is 14.2 Å². The second-order valence-electron chi connectivity index (χ2n) is 5.22. The predicted molar refractivity (Wildman–Crippen MR) is 94.3 cm³/mol. The van der Waals surface area contributed by atoms with Crippen LogP contribution in [0.25, 0.3) is 0 Å². The maximum absolute atomic E-state index is 10.6. The Balaban J connectivity index is 1.77. The van der Waals surface area contributed by atoms with E-state index in [2.05, 4.69) is 6.58 Å². The Bertz CT molecular complexity index is 662. The molecule has 0 bridgehead atoms.